The van der Waals surface area contributed by atoms with Crippen molar-refractivity contribution in [3.05, 3.63) is 30.3 Å². The molecule has 4 fully saturated rings. The molecule has 21 heavy (non-hydrogen) atoms. The van der Waals surface area contributed by atoms with Crippen LogP contribution in [0.15, 0.2) is 30.3 Å². The molecule has 0 aromatic heterocycles. The van der Waals surface area contributed by atoms with Crippen LogP contribution >= 0.6 is 0 Å². The summed E-state index contributed by atoms with van der Waals surface area (Å²) in [6.45, 7) is 0. The summed E-state index contributed by atoms with van der Waals surface area (Å²) < 4.78 is 6.05. The smallest absolute Gasteiger partial charge is 0.414 e. The molecule has 112 valence electrons. The van der Waals surface area contributed by atoms with Crippen LogP contribution in [0.1, 0.15) is 38.5 Å². The van der Waals surface area contributed by atoms with E-state index in [9.17, 15) is 4.79 Å². The number of para-hydroxylation sites is 1. The standard InChI is InChI=1S/C18H23NO2/c1-19(16-5-3-2-4-6-16)17(20)21-18-10-13-7-14(11-18)9-15(8-13)12-18/h2-6,13-15H,7-12H2,1H3. The van der Waals surface area contributed by atoms with Crippen LogP contribution in [0.25, 0.3) is 0 Å². The number of benzene rings is 1. The Morgan fingerprint density at radius 2 is 1.57 bits per heavy atom. The van der Waals surface area contributed by atoms with E-state index < -0.39 is 0 Å². The number of carbonyl (C=O) groups is 1. The van der Waals surface area contributed by atoms with Crippen molar-refractivity contribution >= 4 is 11.8 Å². The maximum atomic E-state index is 12.5. The highest BCUT2D eigenvalue weighted by Gasteiger charge is 2.53. The molecule has 4 aliphatic rings. The molecule has 0 aliphatic heterocycles. The van der Waals surface area contributed by atoms with E-state index in [1.165, 1.54) is 19.3 Å². The summed E-state index contributed by atoms with van der Waals surface area (Å²) in [5.74, 6) is 2.39. The van der Waals surface area contributed by atoms with E-state index in [-0.39, 0.29) is 11.7 Å². The number of rotatable bonds is 2. The average Bonchev–Trinajstić information content (AvgIpc) is 2.45. The predicted molar refractivity (Wildman–Crippen MR) is 82.2 cm³/mol. The van der Waals surface area contributed by atoms with Crippen molar-refractivity contribution < 1.29 is 9.53 Å². The quantitative estimate of drug-likeness (QED) is 0.814. The van der Waals surface area contributed by atoms with Gasteiger partial charge >= 0.3 is 6.09 Å². The maximum absolute atomic E-state index is 12.5. The Kier molecular flexibility index (Phi) is 2.98. The lowest BCUT2D eigenvalue weighted by Crippen LogP contribution is -2.53. The Morgan fingerprint density at radius 1 is 1.05 bits per heavy atom. The molecule has 0 saturated heterocycles. The van der Waals surface area contributed by atoms with Gasteiger partial charge in [-0.1, -0.05) is 18.2 Å². The minimum absolute atomic E-state index is 0.158. The lowest BCUT2D eigenvalue weighted by atomic mass is 9.54. The zero-order valence-electron chi connectivity index (χ0n) is 12.6. The van der Waals surface area contributed by atoms with Gasteiger partial charge in [0.25, 0.3) is 0 Å². The minimum atomic E-state index is -0.192. The van der Waals surface area contributed by atoms with Gasteiger partial charge in [-0.25, -0.2) is 4.79 Å². The van der Waals surface area contributed by atoms with Crippen LogP contribution in [0.2, 0.25) is 0 Å². The second-order valence-corrected chi connectivity index (χ2v) is 7.36. The molecule has 5 rings (SSSR count). The summed E-state index contributed by atoms with van der Waals surface area (Å²) in [5.41, 5.74) is 0.738. The molecule has 0 atom stereocenters. The first-order valence-corrected chi connectivity index (χ1v) is 8.15. The molecule has 0 N–H and O–H groups in total. The fourth-order valence-electron chi connectivity index (χ4n) is 5.17. The highest BCUT2D eigenvalue weighted by atomic mass is 16.6. The molecular weight excluding hydrogens is 262 g/mol. The lowest BCUT2D eigenvalue weighted by molar-refractivity contribution is -0.125. The van der Waals surface area contributed by atoms with Gasteiger partial charge in [0.15, 0.2) is 0 Å². The first-order valence-electron chi connectivity index (χ1n) is 8.15. The zero-order valence-corrected chi connectivity index (χ0v) is 12.6. The van der Waals surface area contributed by atoms with E-state index in [0.717, 1.165) is 42.7 Å². The maximum Gasteiger partial charge on any atom is 0.414 e. The van der Waals surface area contributed by atoms with Crippen molar-refractivity contribution in [2.75, 3.05) is 11.9 Å². The minimum Gasteiger partial charge on any atom is -0.443 e. The Hall–Kier alpha value is -1.51. The fraction of sp³-hybridized carbons (Fsp3) is 0.611. The van der Waals surface area contributed by atoms with Crippen molar-refractivity contribution in [2.45, 2.75) is 44.1 Å². The summed E-state index contributed by atoms with van der Waals surface area (Å²) in [7, 11) is 1.80. The van der Waals surface area contributed by atoms with Crippen LogP contribution in [0.4, 0.5) is 10.5 Å². The second kappa shape index (κ2) is 4.75. The van der Waals surface area contributed by atoms with Crippen LogP contribution in [-0.4, -0.2) is 18.7 Å². The monoisotopic (exact) mass is 285 g/mol. The number of ether oxygens (including phenoxy) is 1. The third kappa shape index (κ3) is 2.33. The van der Waals surface area contributed by atoms with Gasteiger partial charge in [-0.2, -0.15) is 0 Å². The molecule has 1 amide bonds. The van der Waals surface area contributed by atoms with Gasteiger partial charge in [0.2, 0.25) is 0 Å². The van der Waals surface area contributed by atoms with Crippen LogP contribution in [-0.2, 0) is 4.74 Å². The third-order valence-electron chi connectivity index (χ3n) is 5.70. The Labute approximate surface area is 126 Å². The van der Waals surface area contributed by atoms with E-state index in [0.29, 0.717) is 0 Å². The van der Waals surface area contributed by atoms with Crippen molar-refractivity contribution in [3.8, 4) is 0 Å². The number of nitrogens with zero attached hydrogens (tertiary/aromatic N) is 1. The highest BCUT2D eigenvalue weighted by molar-refractivity contribution is 5.87. The molecule has 1 aromatic rings. The lowest BCUT2D eigenvalue weighted by Gasteiger charge is -2.55. The van der Waals surface area contributed by atoms with Crippen LogP contribution in [0, 0.1) is 17.8 Å². The Morgan fingerprint density at radius 3 is 2.10 bits per heavy atom. The van der Waals surface area contributed by atoms with Crippen molar-refractivity contribution in [3.63, 3.8) is 0 Å². The van der Waals surface area contributed by atoms with Crippen molar-refractivity contribution in [2.24, 2.45) is 17.8 Å². The highest BCUT2D eigenvalue weighted by Crippen LogP contribution is 2.57. The van der Waals surface area contributed by atoms with Crippen LogP contribution in [0.3, 0.4) is 0 Å². The number of amides is 1. The summed E-state index contributed by atoms with van der Waals surface area (Å²) in [4.78, 5) is 14.2. The number of carbonyl (C=O) groups excluding carboxylic acids is 1. The van der Waals surface area contributed by atoms with Crippen molar-refractivity contribution in [1.29, 1.82) is 0 Å². The molecular formula is C18H23NO2. The SMILES string of the molecule is CN(C(=O)OC12CC3CC(CC(C3)C1)C2)c1ccccc1. The molecule has 4 aliphatic carbocycles. The Bertz CT molecular complexity index is 504. The summed E-state index contributed by atoms with van der Waals surface area (Å²) in [6.07, 6.45) is 7.18. The summed E-state index contributed by atoms with van der Waals surface area (Å²) in [6, 6.07) is 9.75. The second-order valence-electron chi connectivity index (χ2n) is 7.36. The molecule has 0 heterocycles. The molecule has 0 spiro atoms. The molecule has 1 aromatic carbocycles. The van der Waals surface area contributed by atoms with Gasteiger partial charge in [0.1, 0.15) is 5.60 Å². The predicted octanol–water partition coefficient (Wildman–Crippen LogP) is 4.23. The molecule has 0 unspecified atom stereocenters. The van der Waals surface area contributed by atoms with Gasteiger partial charge in [-0.05, 0) is 68.4 Å². The molecule has 3 nitrogen and oxygen atoms in total. The normalized spacial score (nSPS) is 36.5. The molecule has 3 heteroatoms. The zero-order chi connectivity index (χ0) is 14.4. The largest absolute Gasteiger partial charge is 0.443 e. The summed E-state index contributed by atoms with van der Waals surface area (Å²) >= 11 is 0. The van der Waals surface area contributed by atoms with E-state index in [1.54, 1.807) is 11.9 Å². The topological polar surface area (TPSA) is 29.5 Å². The average molecular weight is 285 g/mol. The van der Waals surface area contributed by atoms with E-state index in [4.69, 9.17) is 4.74 Å². The summed E-state index contributed by atoms with van der Waals surface area (Å²) in [5, 5.41) is 0. The van der Waals surface area contributed by atoms with E-state index in [2.05, 4.69) is 0 Å². The van der Waals surface area contributed by atoms with E-state index in [1.807, 2.05) is 30.3 Å². The molecule has 0 radical (unpaired) electrons. The number of hydrogen-bond donors (Lipinski definition) is 0. The Balaban J connectivity index is 1.49. The first-order chi connectivity index (χ1) is 10.1. The third-order valence-corrected chi connectivity index (χ3v) is 5.70. The van der Waals surface area contributed by atoms with Crippen LogP contribution in [0.5, 0.6) is 0 Å². The van der Waals surface area contributed by atoms with Gasteiger partial charge in [-0.15, -0.1) is 0 Å². The van der Waals surface area contributed by atoms with Gasteiger partial charge in [-0.3, -0.25) is 4.90 Å². The van der Waals surface area contributed by atoms with Gasteiger partial charge in [0.05, 0.1) is 0 Å². The number of anilines is 1. The van der Waals surface area contributed by atoms with Crippen molar-refractivity contribution in [1.82, 2.24) is 0 Å². The number of hydrogen-bond acceptors (Lipinski definition) is 2. The van der Waals surface area contributed by atoms with E-state index >= 15 is 0 Å². The first kappa shape index (κ1) is 13.2. The van der Waals surface area contributed by atoms with Gasteiger partial charge in [0, 0.05) is 12.7 Å². The fourth-order valence-corrected chi connectivity index (χ4v) is 5.17. The van der Waals surface area contributed by atoms with Gasteiger partial charge < -0.3 is 4.74 Å². The van der Waals surface area contributed by atoms with Crippen LogP contribution < -0.4 is 4.90 Å². The molecule has 4 saturated carbocycles. The molecule has 4 bridgehead atoms.